The highest BCUT2D eigenvalue weighted by Crippen LogP contribution is 2.57. The Kier molecular flexibility index (Phi) is 4.24. The minimum atomic E-state index is 0.0664. The Hall–Kier alpha value is -3.32. The Morgan fingerprint density at radius 2 is 1.71 bits per heavy atom. The van der Waals surface area contributed by atoms with Gasteiger partial charge in [-0.25, -0.2) is 9.97 Å². The van der Waals surface area contributed by atoms with Crippen molar-refractivity contribution in [1.82, 2.24) is 19.9 Å². The fraction of sp³-hybridized carbons (Fsp3) is 0.333. The van der Waals surface area contributed by atoms with E-state index in [1.54, 1.807) is 12.4 Å². The van der Waals surface area contributed by atoms with Crippen molar-refractivity contribution >= 4 is 17.5 Å². The third kappa shape index (κ3) is 3.16. The lowest BCUT2D eigenvalue weighted by atomic mass is 9.97. The molecule has 0 unspecified atom stereocenters. The number of anilines is 2. The molecule has 6 rings (SSSR count). The Morgan fingerprint density at radius 3 is 2.42 bits per heavy atom. The predicted octanol–water partition coefficient (Wildman–Crippen LogP) is 3.19. The fourth-order valence-corrected chi connectivity index (χ4v) is 4.67. The zero-order valence-corrected chi connectivity index (χ0v) is 17.2. The molecule has 1 saturated carbocycles. The van der Waals surface area contributed by atoms with Crippen LogP contribution >= 0.6 is 0 Å². The highest BCUT2D eigenvalue weighted by atomic mass is 16.5. The number of carbonyl (C=O) groups is 1. The number of morpholine rings is 1. The van der Waals surface area contributed by atoms with Crippen molar-refractivity contribution in [2.45, 2.75) is 18.3 Å². The Bertz CT molecular complexity index is 1120. The van der Waals surface area contributed by atoms with Crippen molar-refractivity contribution in [3.05, 3.63) is 66.2 Å². The summed E-state index contributed by atoms with van der Waals surface area (Å²) in [6, 6.07) is 10.0. The zero-order chi connectivity index (χ0) is 20.8. The van der Waals surface area contributed by atoms with Crippen molar-refractivity contribution in [1.29, 1.82) is 0 Å². The first-order valence-corrected chi connectivity index (χ1v) is 10.8. The number of hydrogen-bond acceptors (Lipinski definition) is 6. The number of hydrogen-bond donors (Lipinski definition) is 0. The van der Waals surface area contributed by atoms with Gasteiger partial charge in [-0.05, 0) is 48.2 Å². The van der Waals surface area contributed by atoms with Gasteiger partial charge in [0.15, 0.2) is 0 Å². The number of carbonyl (C=O) groups excluding carboxylic acids is 1. The second-order valence-electron chi connectivity index (χ2n) is 8.51. The normalized spacial score (nSPS) is 18.8. The molecule has 1 spiro atoms. The molecule has 7 heteroatoms. The van der Waals surface area contributed by atoms with E-state index in [1.165, 1.54) is 18.4 Å². The smallest absolute Gasteiger partial charge is 0.254 e. The van der Waals surface area contributed by atoms with E-state index < -0.39 is 0 Å². The fourth-order valence-electron chi connectivity index (χ4n) is 4.67. The van der Waals surface area contributed by atoms with Gasteiger partial charge in [-0.2, -0.15) is 0 Å². The van der Waals surface area contributed by atoms with Crippen molar-refractivity contribution in [3.63, 3.8) is 0 Å². The summed E-state index contributed by atoms with van der Waals surface area (Å²) in [5.41, 5.74) is 5.28. The monoisotopic (exact) mass is 413 g/mol. The quantitative estimate of drug-likeness (QED) is 0.657. The first kappa shape index (κ1) is 18.4. The van der Waals surface area contributed by atoms with Gasteiger partial charge in [-0.1, -0.05) is 6.07 Å². The number of fused-ring (bicyclic) bond motifs is 2. The largest absolute Gasteiger partial charge is 0.378 e. The highest BCUT2D eigenvalue weighted by Gasteiger charge is 2.52. The van der Waals surface area contributed by atoms with Crippen LogP contribution in [-0.2, 0) is 10.2 Å². The molecule has 1 saturated heterocycles. The van der Waals surface area contributed by atoms with Crippen LogP contribution in [-0.4, -0.2) is 58.6 Å². The van der Waals surface area contributed by atoms with Crippen LogP contribution in [0.2, 0.25) is 0 Å². The standard InChI is InChI=1S/C24H23N5O2/c30-22(28-9-11-31-12-10-28)18-1-2-20-21(13-18)29(16-24(20)5-6-24)23-26-14-19(15-27-23)17-3-7-25-8-4-17/h1-4,7-8,13-15H,5-6,9-12,16H2. The molecule has 3 aromatic rings. The summed E-state index contributed by atoms with van der Waals surface area (Å²) >= 11 is 0. The molecular formula is C24H23N5O2. The van der Waals surface area contributed by atoms with Crippen LogP contribution < -0.4 is 4.90 Å². The summed E-state index contributed by atoms with van der Waals surface area (Å²) in [7, 11) is 0. The number of ether oxygens (including phenoxy) is 1. The molecular weight excluding hydrogens is 390 g/mol. The second-order valence-corrected chi connectivity index (χ2v) is 8.51. The molecule has 2 aliphatic heterocycles. The third-order valence-electron chi connectivity index (χ3n) is 6.61. The van der Waals surface area contributed by atoms with Crippen LogP contribution in [0.4, 0.5) is 11.6 Å². The van der Waals surface area contributed by atoms with Crippen LogP contribution in [0, 0.1) is 0 Å². The first-order chi connectivity index (χ1) is 15.2. The molecule has 2 fully saturated rings. The maximum absolute atomic E-state index is 13.0. The average Bonchev–Trinajstić information content (AvgIpc) is 3.56. The van der Waals surface area contributed by atoms with Crippen molar-refractivity contribution in [2.24, 2.45) is 0 Å². The van der Waals surface area contributed by atoms with Gasteiger partial charge in [0, 0.05) is 66.7 Å². The van der Waals surface area contributed by atoms with E-state index in [-0.39, 0.29) is 11.3 Å². The molecule has 0 atom stereocenters. The molecule has 0 radical (unpaired) electrons. The van der Waals surface area contributed by atoms with E-state index in [1.807, 2.05) is 41.6 Å². The molecule has 156 valence electrons. The van der Waals surface area contributed by atoms with Gasteiger partial charge in [-0.15, -0.1) is 0 Å². The van der Waals surface area contributed by atoms with Gasteiger partial charge in [0.2, 0.25) is 5.95 Å². The van der Waals surface area contributed by atoms with E-state index >= 15 is 0 Å². The molecule has 1 aromatic carbocycles. The molecule has 0 bridgehead atoms. The van der Waals surface area contributed by atoms with Gasteiger partial charge < -0.3 is 14.5 Å². The molecule has 1 amide bonds. The lowest BCUT2D eigenvalue weighted by molar-refractivity contribution is 0.0303. The average molecular weight is 413 g/mol. The predicted molar refractivity (Wildman–Crippen MR) is 116 cm³/mol. The third-order valence-corrected chi connectivity index (χ3v) is 6.61. The first-order valence-electron chi connectivity index (χ1n) is 10.8. The topological polar surface area (TPSA) is 71.5 Å². The number of benzene rings is 1. The van der Waals surface area contributed by atoms with E-state index in [0.29, 0.717) is 32.3 Å². The number of amides is 1. The maximum Gasteiger partial charge on any atom is 0.254 e. The SMILES string of the molecule is O=C(c1ccc2c(c1)N(c1ncc(-c3ccncc3)cn1)CC21CC1)N1CCOCC1. The number of rotatable bonds is 3. The summed E-state index contributed by atoms with van der Waals surface area (Å²) in [5, 5.41) is 0. The van der Waals surface area contributed by atoms with Gasteiger partial charge in [0.05, 0.1) is 13.2 Å². The zero-order valence-electron chi connectivity index (χ0n) is 17.2. The molecule has 7 nitrogen and oxygen atoms in total. The lowest BCUT2D eigenvalue weighted by Crippen LogP contribution is -2.40. The van der Waals surface area contributed by atoms with E-state index in [2.05, 4.69) is 25.9 Å². The number of nitrogens with zero attached hydrogens (tertiary/aromatic N) is 5. The van der Waals surface area contributed by atoms with Crippen LogP contribution in [0.15, 0.2) is 55.1 Å². The minimum absolute atomic E-state index is 0.0664. The number of pyridine rings is 1. The van der Waals surface area contributed by atoms with Crippen molar-refractivity contribution < 1.29 is 9.53 Å². The van der Waals surface area contributed by atoms with E-state index in [9.17, 15) is 4.79 Å². The van der Waals surface area contributed by atoms with Crippen LogP contribution in [0.1, 0.15) is 28.8 Å². The van der Waals surface area contributed by atoms with Crippen LogP contribution in [0.25, 0.3) is 11.1 Å². The van der Waals surface area contributed by atoms with Gasteiger partial charge in [-0.3, -0.25) is 9.78 Å². The van der Waals surface area contributed by atoms with Crippen LogP contribution in [0.3, 0.4) is 0 Å². The summed E-state index contributed by atoms with van der Waals surface area (Å²) in [6.07, 6.45) is 9.59. The maximum atomic E-state index is 13.0. The molecule has 2 aromatic heterocycles. The molecule has 3 aliphatic rings. The molecule has 1 aliphatic carbocycles. The Labute approximate surface area is 180 Å². The summed E-state index contributed by atoms with van der Waals surface area (Å²) in [4.78, 5) is 30.5. The van der Waals surface area contributed by atoms with Crippen molar-refractivity contribution in [2.75, 3.05) is 37.7 Å². The lowest BCUT2D eigenvalue weighted by Gasteiger charge is -2.27. The van der Waals surface area contributed by atoms with Crippen LogP contribution in [0.5, 0.6) is 0 Å². The second kappa shape index (κ2) is 7.13. The highest BCUT2D eigenvalue weighted by molar-refractivity contribution is 5.96. The number of aromatic nitrogens is 3. The minimum Gasteiger partial charge on any atom is -0.378 e. The van der Waals surface area contributed by atoms with Gasteiger partial charge in [0.25, 0.3) is 5.91 Å². The Morgan fingerprint density at radius 1 is 0.968 bits per heavy atom. The molecule has 4 heterocycles. The van der Waals surface area contributed by atoms with Gasteiger partial charge >= 0.3 is 0 Å². The van der Waals surface area contributed by atoms with E-state index in [4.69, 9.17) is 4.74 Å². The van der Waals surface area contributed by atoms with Crippen molar-refractivity contribution in [3.8, 4) is 11.1 Å². The summed E-state index contributed by atoms with van der Waals surface area (Å²) in [5.74, 6) is 0.746. The molecule has 0 N–H and O–H groups in total. The summed E-state index contributed by atoms with van der Waals surface area (Å²) in [6.45, 7) is 3.35. The van der Waals surface area contributed by atoms with E-state index in [0.717, 1.165) is 28.9 Å². The Balaban J connectivity index is 1.33. The molecule has 31 heavy (non-hydrogen) atoms. The van der Waals surface area contributed by atoms with Gasteiger partial charge in [0.1, 0.15) is 0 Å². The summed E-state index contributed by atoms with van der Waals surface area (Å²) < 4.78 is 5.39.